The fourth-order valence-corrected chi connectivity index (χ4v) is 3.88. The third-order valence-corrected chi connectivity index (χ3v) is 5.30. The van der Waals surface area contributed by atoms with Gasteiger partial charge in [-0.3, -0.25) is 4.68 Å². The molecule has 3 heterocycles. The maximum Gasteiger partial charge on any atom is 0.348 e. The molecule has 0 spiro atoms. The highest BCUT2D eigenvalue weighted by atomic mass is 32.1. The molecular formula is C19H18N4O4S. The minimum Gasteiger partial charge on any atom is -0.493 e. The number of thiophene rings is 1. The van der Waals surface area contributed by atoms with E-state index in [0.717, 1.165) is 21.5 Å². The molecule has 0 unspecified atom stereocenters. The summed E-state index contributed by atoms with van der Waals surface area (Å²) in [5, 5.41) is 9.24. The van der Waals surface area contributed by atoms with E-state index >= 15 is 0 Å². The summed E-state index contributed by atoms with van der Waals surface area (Å²) < 4.78 is 17.9. The molecule has 3 aromatic heterocycles. The zero-order valence-electron chi connectivity index (χ0n) is 15.6. The van der Waals surface area contributed by atoms with E-state index < -0.39 is 5.97 Å². The predicted molar refractivity (Wildman–Crippen MR) is 103 cm³/mol. The highest BCUT2D eigenvalue weighted by Gasteiger charge is 2.18. The Morgan fingerprint density at radius 2 is 2.14 bits per heavy atom. The van der Waals surface area contributed by atoms with Crippen molar-refractivity contribution in [3.8, 4) is 17.1 Å². The van der Waals surface area contributed by atoms with Gasteiger partial charge in [-0.15, -0.1) is 11.3 Å². The first kappa shape index (κ1) is 18.2. The van der Waals surface area contributed by atoms with Crippen LogP contribution in [-0.2, 0) is 18.4 Å². The molecule has 144 valence electrons. The van der Waals surface area contributed by atoms with Gasteiger partial charge in [-0.1, -0.05) is 17.3 Å². The first-order valence-electron chi connectivity index (χ1n) is 8.72. The molecule has 0 bridgehead atoms. The van der Waals surface area contributed by atoms with E-state index in [2.05, 4.69) is 15.2 Å². The van der Waals surface area contributed by atoms with Crippen LogP contribution in [0.5, 0.6) is 5.75 Å². The Bertz CT molecular complexity index is 1110. The summed E-state index contributed by atoms with van der Waals surface area (Å²) >= 11 is 1.34. The van der Waals surface area contributed by atoms with E-state index in [1.165, 1.54) is 11.3 Å². The Balaban J connectivity index is 1.47. The number of nitrogens with zero attached hydrogens (tertiary/aromatic N) is 4. The Morgan fingerprint density at radius 1 is 1.32 bits per heavy atom. The highest BCUT2D eigenvalue weighted by Crippen LogP contribution is 2.29. The number of benzene rings is 1. The number of hydrogen-bond donors (Lipinski definition) is 0. The lowest BCUT2D eigenvalue weighted by molar-refractivity contribution is 0.0435. The third kappa shape index (κ3) is 3.36. The normalized spacial score (nSPS) is 11.1. The monoisotopic (exact) mass is 398 g/mol. The van der Waals surface area contributed by atoms with Gasteiger partial charge in [-0.25, -0.2) is 4.79 Å². The van der Waals surface area contributed by atoms with Crippen molar-refractivity contribution >= 4 is 27.5 Å². The second-order valence-corrected chi connectivity index (χ2v) is 7.09. The predicted octanol–water partition coefficient (Wildman–Crippen LogP) is 3.75. The van der Waals surface area contributed by atoms with Crippen molar-refractivity contribution in [1.82, 2.24) is 19.9 Å². The molecule has 0 aliphatic heterocycles. The number of rotatable bonds is 6. The average molecular weight is 398 g/mol. The van der Waals surface area contributed by atoms with Gasteiger partial charge in [0.05, 0.1) is 17.9 Å². The van der Waals surface area contributed by atoms with E-state index in [9.17, 15) is 4.79 Å². The van der Waals surface area contributed by atoms with Crippen LogP contribution in [0.2, 0.25) is 0 Å². The molecule has 0 atom stereocenters. The first-order valence-corrected chi connectivity index (χ1v) is 9.53. The van der Waals surface area contributed by atoms with Gasteiger partial charge in [0.25, 0.3) is 5.89 Å². The molecule has 0 N–H and O–H groups in total. The van der Waals surface area contributed by atoms with Crippen LogP contribution in [0.25, 0.3) is 21.6 Å². The Kier molecular flexibility index (Phi) is 4.82. The van der Waals surface area contributed by atoms with Crippen molar-refractivity contribution < 1.29 is 18.8 Å². The van der Waals surface area contributed by atoms with Gasteiger partial charge < -0.3 is 14.0 Å². The number of aromatic nitrogens is 4. The molecule has 8 nitrogen and oxygen atoms in total. The van der Waals surface area contributed by atoms with Crippen LogP contribution < -0.4 is 4.74 Å². The molecule has 0 saturated heterocycles. The van der Waals surface area contributed by atoms with Gasteiger partial charge in [0.2, 0.25) is 5.82 Å². The van der Waals surface area contributed by atoms with E-state index in [1.54, 1.807) is 10.7 Å². The average Bonchev–Trinajstić information content (AvgIpc) is 3.39. The Morgan fingerprint density at radius 3 is 2.93 bits per heavy atom. The number of para-hydroxylation sites is 1. The summed E-state index contributed by atoms with van der Waals surface area (Å²) in [6.07, 6.45) is 0. The fourth-order valence-electron chi connectivity index (χ4n) is 2.86. The third-order valence-electron chi connectivity index (χ3n) is 4.12. The minimum absolute atomic E-state index is 0.103. The molecule has 0 saturated carbocycles. The zero-order chi connectivity index (χ0) is 19.7. The number of ether oxygens (including phenoxy) is 2. The Labute approximate surface area is 164 Å². The van der Waals surface area contributed by atoms with Gasteiger partial charge in [-0.05, 0) is 32.0 Å². The van der Waals surface area contributed by atoms with Crippen LogP contribution in [0.15, 0.2) is 34.9 Å². The molecule has 0 fully saturated rings. The molecule has 1 aromatic carbocycles. The number of hydrogen-bond acceptors (Lipinski definition) is 8. The second kappa shape index (κ2) is 7.43. The summed E-state index contributed by atoms with van der Waals surface area (Å²) in [6, 6.07) is 9.22. The molecule has 28 heavy (non-hydrogen) atoms. The summed E-state index contributed by atoms with van der Waals surface area (Å²) in [7, 11) is 1.85. The van der Waals surface area contributed by atoms with Crippen LogP contribution in [0, 0.1) is 6.92 Å². The standard InChI is InChI=1S/C19H18N4O4S/c1-4-25-14-8-6-5-7-12(14)17-20-16(27-22-17)10-26-19(24)15-9-13-11(2)21-23(3)18(13)28-15/h5-9H,4,10H2,1-3H3. The van der Waals surface area contributed by atoms with Crippen molar-refractivity contribution in [3.05, 3.63) is 46.8 Å². The number of carbonyl (C=O) groups excluding carboxylic acids is 1. The van der Waals surface area contributed by atoms with Crippen molar-refractivity contribution in [3.63, 3.8) is 0 Å². The lowest BCUT2D eigenvalue weighted by Gasteiger charge is -2.06. The summed E-state index contributed by atoms with van der Waals surface area (Å²) in [5.74, 6) is 0.839. The molecule has 9 heteroatoms. The molecule has 0 aliphatic rings. The summed E-state index contributed by atoms with van der Waals surface area (Å²) in [4.78, 5) is 18.1. The van der Waals surface area contributed by atoms with E-state index in [4.69, 9.17) is 14.0 Å². The zero-order valence-corrected chi connectivity index (χ0v) is 16.4. The first-order chi connectivity index (χ1) is 13.6. The van der Waals surface area contributed by atoms with Crippen molar-refractivity contribution in [2.24, 2.45) is 7.05 Å². The van der Waals surface area contributed by atoms with E-state index in [1.807, 2.05) is 45.2 Å². The SMILES string of the molecule is CCOc1ccccc1-c1noc(COC(=O)c2cc3c(C)nn(C)c3s2)n1. The van der Waals surface area contributed by atoms with Gasteiger partial charge in [0.1, 0.15) is 15.5 Å². The minimum atomic E-state index is -0.435. The topological polar surface area (TPSA) is 92.3 Å². The molecule has 0 amide bonds. The van der Waals surface area contributed by atoms with Gasteiger partial charge in [-0.2, -0.15) is 10.1 Å². The maximum atomic E-state index is 12.4. The second-order valence-electron chi connectivity index (χ2n) is 6.06. The highest BCUT2D eigenvalue weighted by molar-refractivity contribution is 7.20. The molecular weight excluding hydrogens is 380 g/mol. The van der Waals surface area contributed by atoms with E-state index in [0.29, 0.717) is 23.1 Å². The summed E-state index contributed by atoms with van der Waals surface area (Å²) in [5.41, 5.74) is 1.60. The lowest BCUT2D eigenvalue weighted by Crippen LogP contribution is -2.03. The van der Waals surface area contributed by atoms with Gasteiger partial charge >= 0.3 is 5.97 Å². The van der Waals surface area contributed by atoms with Crippen molar-refractivity contribution in [2.45, 2.75) is 20.5 Å². The number of aryl methyl sites for hydroxylation is 2. The lowest BCUT2D eigenvalue weighted by atomic mass is 10.2. The molecule has 0 radical (unpaired) electrons. The number of carbonyl (C=O) groups is 1. The molecule has 4 aromatic rings. The van der Waals surface area contributed by atoms with Crippen LogP contribution in [0.1, 0.15) is 28.2 Å². The largest absolute Gasteiger partial charge is 0.493 e. The van der Waals surface area contributed by atoms with Crippen LogP contribution in [0.4, 0.5) is 0 Å². The fraction of sp³-hybridized carbons (Fsp3) is 0.263. The number of esters is 1. The van der Waals surface area contributed by atoms with E-state index in [-0.39, 0.29) is 12.5 Å². The summed E-state index contributed by atoms with van der Waals surface area (Å²) in [6.45, 7) is 4.24. The van der Waals surface area contributed by atoms with Crippen LogP contribution >= 0.6 is 11.3 Å². The number of fused-ring (bicyclic) bond motifs is 1. The van der Waals surface area contributed by atoms with Crippen molar-refractivity contribution in [1.29, 1.82) is 0 Å². The van der Waals surface area contributed by atoms with Crippen LogP contribution in [0.3, 0.4) is 0 Å². The van der Waals surface area contributed by atoms with Crippen LogP contribution in [-0.4, -0.2) is 32.5 Å². The van der Waals surface area contributed by atoms with Gasteiger partial charge in [0.15, 0.2) is 6.61 Å². The maximum absolute atomic E-state index is 12.4. The smallest absolute Gasteiger partial charge is 0.348 e. The molecule has 0 aliphatic carbocycles. The quantitative estimate of drug-likeness (QED) is 0.457. The van der Waals surface area contributed by atoms with Gasteiger partial charge in [0, 0.05) is 12.4 Å². The Hall–Kier alpha value is -3.20. The molecule has 4 rings (SSSR count). The van der Waals surface area contributed by atoms with Crippen molar-refractivity contribution in [2.75, 3.05) is 6.61 Å².